The normalized spacial score (nSPS) is 11.7. The average Bonchev–Trinajstić information content (AvgIpc) is 1.98. The van der Waals surface area contributed by atoms with E-state index in [1.54, 1.807) is 0 Å². The third-order valence-electron chi connectivity index (χ3n) is 1.45. The van der Waals surface area contributed by atoms with Gasteiger partial charge in [0.15, 0.2) is 0 Å². The maximum absolute atomic E-state index is 12.1. The molecule has 0 heterocycles. The molecule has 0 spiro atoms. The fourth-order valence-electron chi connectivity index (χ4n) is 0.809. The Morgan fingerprint density at radius 3 is 2.31 bits per heavy atom. The van der Waals surface area contributed by atoms with Gasteiger partial charge >= 0.3 is 6.18 Å². The average molecular weight is 212 g/mol. The van der Waals surface area contributed by atoms with E-state index in [4.69, 9.17) is 22.4 Å². The number of phenolic OH excluding ortho intramolecular Hbond substituents is 1. The summed E-state index contributed by atoms with van der Waals surface area (Å²) in [4.78, 5) is 0. The van der Waals surface area contributed by atoms with Crippen LogP contribution in [-0.4, -0.2) is 5.11 Å². The van der Waals surface area contributed by atoms with Gasteiger partial charge in [-0.1, -0.05) is 11.6 Å². The van der Waals surface area contributed by atoms with Crippen molar-refractivity contribution < 1.29 is 18.3 Å². The molecular formula is C7H5ClF3NO. The Morgan fingerprint density at radius 1 is 1.31 bits per heavy atom. The van der Waals surface area contributed by atoms with Crippen molar-refractivity contribution in [2.24, 2.45) is 0 Å². The molecule has 3 N–H and O–H groups in total. The molecule has 1 aromatic rings. The zero-order valence-corrected chi connectivity index (χ0v) is 6.95. The first-order valence-electron chi connectivity index (χ1n) is 3.18. The smallest absolute Gasteiger partial charge is 0.420 e. The largest absolute Gasteiger partial charge is 0.506 e. The highest BCUT2D eigenvalue weighted by Crippen LogP contribution is 2.41. The Hall–Kier alpha value is -1.10. The number of benzene rings is 1. The third-order valence-corrected chi connectivity index (χ3v) is 1.85. The summed E-state index contributed by atoms with van der Waals surface area (Å²) < 4.78 is 36.3. The molecule has 0 unspecified atom stereocenters. The molecule has 0 amide bonds. The lowest BCUT2D eigenvalue weighted by atomic mass is 10.2. The molecule has 1 rings (SSSR count). The fourth-order valence-corrected chi connectivity index (χ4v) is 0.974. The molecular weight excluding hydrogens is 207 g/mol. The van der Waals surface area contributed by atoms with Crippen LogP contribution in [0.4, 0.5) is 18.9 Å². The minimum Gasteiger partial charge on any atom is -0.506 e. The Kier molecular flexibility index (Phi) is 2.30. The van der Waals surface area contributed by atoms with Crippen molar-refractivity contribution in [2.45, 2.75) is 6.18 Å². The summed E-state index contributed by atoms with van der Waals surface area (Å²) in [5.41, 5.74) is 3.89. The first kappa shape index (κ1) is 9.98. The number of hydrogen-bond acceptors (Lipinski definition) is 2. The quantitative estimate of drug-likeness (QED) is 0.648. The zero-order chi connectivity index (χ0) is 10.2. The molecule has 0 aliphatic rings. The third kappa shape index (κ3) is 1.80. The van der Waals surface area contributed by atoms with Gasteiger partial charge in [-0.2, -0.15) is 13.2 Å². The topological polar surface area (TPSA) is 46.2 Å². The summed E-state index contributed by atoms with van der Waals surface area (Å²) >= 11 is 5.31. The van der Waals surface area contributed by atoms with Crippen molar-refractivity contribution >= 4 is 17.3 Å². The Morgan fingerprint density at radius 2 is 1.85 bits per heavy atom. The summed E-state index contributed by atoms with van der Waals surface area (Å²) in [5.74, 6) is -1.03. The van der Waals surface area contributed by atoms with Gasteiger partial charge in [-0.05, 0) is 12.1 Å². The molecule has 0 bridgehead atoms. The van der Waals surface area contributed by atoms with E-state index in [0.717, 1.165) is 6.07 Å². The van der Waals surface area contributed by atoms with E-state index in [2.05, 4.69) is 0 Å². The lowest BCUT2D eigenvalue weighted by Gasteiger charge is -2.10. The second-order valence-corrected chi connectivity index (χ2v) is 2.74. The minimum absolute atomic E-state index is 0.0906. The number of nitrogen functional groups attached to an aromatic ring is 1. The molecule has 0 aromatic heterocycles. The Labute approximate surface area is 76.7 Å². The van der Waals surface area contributed by atoms with Crippen LogP contribution in [0.2, 0.25) is 5.02 Å². The van der Waals surface area contributed by atoms with E-state index in [9.17, 15) is 13.2 Å². The van der Waals surface area contributed by atoms with Crippen LogP contribution in [0.25, 0.3) is 0 Å². The van der Waals surface area contributed by atoms with Gasteiger partial charge in [0.1, 0.15) is 10.8 Å². The molecule has 6 heteroatoms. The second kappa shape index (κ2) is 2.99. The molecule has 0 saturated heterocycles. The van der Waals surface area contributed by atoms with Crippen LogP contribution in [0.1, 0.15) is 5.56 Å². The molecule has 2 nitrogen and oxygen atoms in total. The molecule has 0 radical (unpaired) electrons. The van der Waals surface area contributed by atoms with E-state index >= 15 is 0 Å². The van der Waals surface area contributed by atoms with Gasteiger partial charge in [-0.15, -0.1) is 0 Å². The van der Waals surface area contributed by atoms with Crippen molar-refractivity contribution in [3.8, 4) is 5.75 Å². The van der Waals surface area contributed by atoms with Crippen molar-refractivity contribution in [2.75, 3.05) is 5.73 Å². The monoisotopic (exact) mass is 211 g/mol. The number of phenols is 1. The Balaban J connectivity index is 3.35. The van der Waals surface area contributed by atoms with Crippen molar-refractivity contribution in [3.05, 3.63) is 22.7 Å². The molecule has 0 fully saturated rings. The number of nitrogens with two attached hydrogens (primary N) is 1. The lowest BCUT2D eigenvalue weighted by Crippen LogP contribution is -2.05. The van der Waals surface area contributed by atoms with Gasteiger partial charge in [0.25, 0.3) is 0 Å². The maximum atomic E-state index is 12.1. The molecule has 72 valence electrons. The van der Waals surface area contributed by atoms with E-state index in [-0.39, 0.29) is 5.69 Å². The van der Waals surface area contributed by atoms with Gasteiger partial charge in [-0.25, -0.2) is 0 Å². The van der Waals surface area contributed by atoms with Crippen LogP contribution in [0, 0.1) is 0 Å². The predicted octanol–water partition coefficient (Wildman–Crippen LogP) is 2.65. The van der Waals surface area contributed by atoms with Crippen LogP contribution < -0.4 is 5.73 Å². The summed E-state index contributed by atoms with van der Waals surface area (Å²) in [6.07, 6.45) is -4.62. The first-order valence-corrected chi connectivity index (χ1v) is 3.56. The number of alkyl halides is 3. The highest BCUT2D eigenvalue weighted by atomic mass is 35.5. The summed E-state index contributed by atoms with van der Waals surface area (Å²) in [5, 5.41) is 8.51. The van der Waals surface area contributed by atoms with Gasteiger partial charge in [0.05, 0.1) is 11.3 Å². The number of anilines is 1. The minimum atomic E-state index is -4.62. The molecule has 0 aliphatic heterocycles. The molecule has 0 atom stereocenters. The van der Waals surface area contributed by atoms with Gasteiger partial charge in [0.2, 0.25) is 0 Å². The standard InChI is InChI=1S/C7H5ClF3NO/c8-5-4(12)2-1-3(6(5)13)7(9,10)11/h1-2,13H,12H2. The Bertz CT molecular complexity index is 337. The summed E-state index contributed by atoms with van der Waals surface area (Å²) in [7, 11) is 0. The maximum Gasteiger partial charge on any atom is 0.420 e. The van der Waals surface area contributed by atoms with Crippen molar-refractivity contribution in [1.29, 1.82) is 0 Å². The zero-order valence-electron chi connectivity index (χ0n) is 6.19. The van der Waals surface area contributed by atoms with Crippen LogP contribution in [0.5, 0.6) is 5.75 Å². The number of halogens is 4. The van der Waals surface area contributed by atoms with Gasteiger partial charge in [-0.3, -0.25) is 0 Å². The van der Waals surface area contributed by atoms with Gasteiger partial charge in [0, 0.05) is 0 Å². The van der Waals surface area contributed by atoms with Crippen LogP contribution in [0.3, 0.4) is 0 Å². The number of hydrogen-bond donors (Lipinski definition) is 2. The van der Waals surface area contributed by atoms with Crippen molar-refractivity contribution in [1.82, 2.24) is 0 Å². The van der Waals surface area contributed by atoms with Gasteiger partial charge < -0.3 is 10.8 Å². The molecule has 0 saturated carbocycles. The first-order chi connectivity index (χ1) is 5.84. The van der Waals surface area contributed by atoms with E-state index in [0.29, 0.717) is 6.07 Å². The SMILES string of the molecule is Nc1ccc(C(F)(F)F)c(O)c1Cl. The molecule has 1 aromatic carbocycles. The van der Waals surface area contributed by atoms with Crippen LogP contribution in [-0.2, 0) is 6.18 Å². The van der Waals surface area contributed by atoms with E-state index in [1.807, 2.05) is 0 Å². The van der Waals surface area contributed by atoms with Crippen LogP contribution in [0.15, 0.2) is 12.1 Å². The lowest BCUT2D eigenvalue weighted by molar-refractivity contribution is -0.138. The summed E-state index contributed by atoms with van der Waals surface area (Å²) in [6, 6.07) is 1.67. The molecule has 0 aliphatic carbocycles. The summed E-state index contributed by atoms with van der Waals surface area (Å²) in [6.45, 7) is 0. The number of rotatable bonds is 0. The van der Waals surface area contributed by atoms with E-state index in [1.165, 1.54) is 0 Å². The second-order valence-electron chi connectivity index (χ2n) is 2.36. The van der Waals surface area contributed by atoms with Crippen molar-refractivity contribution in [3.63, 3.8) is 0 Å². The highest BCUT2D eigenvalue weighted by Gasteiger charge is 2.34. The van der Waals surface area contributed by atoms with Crippen LogP contribution >= 0.6 is 11.6 Å². The highest BCUT2D eigenvalue weighted by molar-refractivity contribution is 6.34. The molecule has 13 heavy (non-hydrogen) atoms. The number of aromatic hydroxyl groups is 1. The van der Waals surface area contributed by atoms with E-state index < -0.39 is 22.5 Å². The fraction of sp³-hybridized carbons (Fsp3) is 0.143. The predicted molar refractivity (Wildman–Crippen MR) is 42.5 cm³/mol.